The molecule has 3 aromatic carbocycles. The molecule has 0 aliphatic heterocycles. The number of carbonyl (C=O) groups is 1. The normalized spacial score (nSPS) is 11.8. The van der Waals surface area contributed by atoms with Crippen LogP contribution in [0.3, 0.4) is 0 Å². The standard InChI is InChI=1S/C24H24ClNO4S/c1-24(2,3)18-11-13-21(14-12-18)30-23(27)17-7-5-10-22(15-17)31(28,29)26(4)20-9-6-8-19(25)16-20/h5-16H,1-4H3. The second kappa shape index (κ2) is 8.73. The van der Waals surface area contributed by atoms with Crippen LogP contribution in [0, 0.1) is 0 Å². The molecule has 0 saturated carbocycles. The van der Waals surface area contributed by atoms with Crippen LogP contribution in [0.15, 0.2) is 77.7 Å². The molecule has 0 radical (unpaired) electrons. The monoisotopic (exact) mass is 457 g/mol. The van der Waals surface area contributed by atoms with Gasteiger partial charge in [0.2, 0.25) is 0 Å². The highest BCUT2D eigenvalue weighted by atomic mass is 35.5. The summed E-state index contributed by atoms with van der Waals surface area (Å²) in [5.41, 5.74) is 1.66. The van der Waals surface area contributed by atoms with E-state index >= 15 is 0 Å². The number of nitrogens with zero attached hydrogens (tertiary/aromatic N) is 1. The summed E-state index contributed by atoms with van der Waals surface area (Å²) in [6, 6.07) is 19.6. The summed E-state index contributed by atoms with van der Waals surface area (Å²) in [6.07, 6.45) is 0. The first-order valence-electron chi connectivity index (χ1n) is 9.66. The van der Waals surface area contributed by atoms with Crippen molar-refractivity contribution in [3.05, 3.63) is 88.9 Å². The lowest BCUT2D eigenvalue weighted by Crippen LogP contribution is -2.26. The van der Waals surface area contributed by atoms with Gasteiger partial charge in [-0.1, -0.05) is 56.6 Å². The molecule has 5 nitrogen and oxygen atoms in total. The van der Waals surface area contributed by atoms with Crippen LogP contribution < -0.4 is 9.04 Å². The Morgan fingerprint density at radius 2 is 1.58 bits per heavy atom. The maximum absolute atomic E-state index is 13.0. The summed E-state index contributed by atoms with van der Waals surface area (Å²) < 4.78 is 32.6. The smallest absolute Gasteiger partial charge is 0.343 e. The number of hydrogen-bond acceptors (Lipinski definition) is 4. The van der Waals surface area contributed by atoms with Gasteiger partial charge in [-0.25, -0.2) is 13.2 Å². The maximum atomic E-state index is 13.0. The van der Waals surface area contributed by atoms with Crippen LogP contribution in [0.1, 0.15) is 36.7 Å². The first kappa shape index (κ1) is 22.8. The number of carbonyl (C=O) groups excluding carboxylic acids is 1. The Kier molecular flexibility index (Phi) is 6.43. The Bertz CT molecular complexity index is 1200. The number of halogens is 1. The van der Waals surface area contributed by atoms with Gasteiger partial charge in [0, 0.05) is 12.1 Å². The van der Waals surface area contributed by atoms with Crippen molar-refractivity contribution < 1.29 is 17.9 Å². The molecule has 0 aliphatic carbocycles. The van der Waals surface area contributed by atoms with Crippen molar-refractivity contribution in [2.45, 2.75) is 31.1 Å². The van der Waals surface area contributed by atoms with Gasteiger partial charge in [-0.3, -0.25) is 4.31 Å². The second-order valence-corrected chi connectivity index (χ2v) is 10.5. The quantitative estimate of drug-likeness (QED) is 0.365. The molecular weight excluding hydrogens is 434 g/mol. The van der Waals surface area contributed by atoms with Crippen LogP contribution >= 0.6 is 11.6 Å². The van der Waals surface area contributed by atoms with Crippen LogP contribution in [0.2, 0.25) is 5.02 Å². The predicted molar refractivity (Wildman–Crippen MR) is 124 cm³/mol. The van der Waals surface area contributed by atoms with Crippen molar-refractivity contribution in [2.24, 2.45) is 0 Å². The number of sulfonamides is 1. The van der Waals surface area contributed by atoms with E-state index in [9.17, 15) is 13.2 Å². The fourth-order valence-electron chi connectivity index (χ4n) is 2.94. The molecular formula is C24H24ClNO4S. The summed E-state index contributed by atoms with van der Waals surface area (Å²) in [6.45, 7) is 6.29. The Morgan fingerprint density at radius 3 is 2.19 bits per heavy atom. The fourth-order valence-corrected chi connectivity index (χ4v) is 4.36. The lowest BCUT2D eigenvalue weighted by molar-refractivity contribution is 0.0734. The third kappa shape index (κ3) is 5.27. The number of hydrogen-bond donors (Lipinski definition) is 0. The van der Waals surface area contributed by atoms with E-state index < -0.39 is 16.0 Å². The van der Waals surface area contributed by atoms with E-state index in [1.54, 1.807) is 36.4 Å². The van der Waals surface area contributed by atoms with Gasteiger partial charge in [0.15, 0.2) is 0 Å². The van der Waals surface area contributed by atoms with E-state index in [1.165, 1.54) is 31.3 Å². The van der Waals surface area contributed by atoms with Gasteiger partial charge in [-0.05, 0) is 59.5 Å². The Hall–Kier alpha value is -2.83. The third-order valence-electron chi connectivity index (χ3n) is 4.83. The molecule has 0 spiro atoms. The molecule has 0 fully saturated rings. The molecule has 0 bridgehead atoms. The highest BCUT2D eigenvalue weighted by Crippen LogP contribution is 2.26. The first-order valence-corrected chi connectivity index (χ1v) is 11.5. The molecule has 162 valence electrons. The highest BCUT2D eigenvalue weighted by Gasteiger charge is 2.23. The molecule has 0 unspecified atom stereocenters. The van der Waals surface area contributed by atoms with Gasteiger partial charge >= 0.3 is 5.97 Å². The predicted octanol–water partition coefficient (Wildman–Crippen LogP) is 5.68. The zero-order chi connectivity index (χ0) is 22.8. The summed E-state index contributed by atoms with van der Waals surface area (Å²) in [5.74, 6) is -0.242. The summed E-state index contributed by atoms with van der Waals surface area (Å²) in [4.78, 5) is 12.6. The summed E-state index contributed by atoms with van der Waals surface area (Å²) in [5, 5.41) is 0.425. The van der Waals surface area contributed by atoms with Crippen molar-refractivity contribution >= 4 is 33.3 Å². The molecule has 0 amide bonds. The molecule has 0 heterocycles. The van der Waals surface area contributed by atoms with Crippen LogP contribution in [0.25, 0.3) is 0 Å². The minimum atomic E-state index is -3.89. The van der Waals surface area contributed by atoms with Gasteiger partial charge in [0.05, 0.1) is 16.1 Å². The van der Waals surface area contributed by atoms with E-state index in [2.05, 4.69) is 20.8 Å². The van der Waals surface area contributed by atoms with Crippen LogP contribution in [-0.2, 0) is 15.4 Å². The first-order chi connectivity index (χ1) is 14.5. The van der Waals surface area contributed by atoms with E-state index in [4.69, 9.17) is 16.3 Å². The largest absolute Gasteiger partial charge is 0.423 e. The van der Waals surface area contributed by atoms with Crippen LogP contribution in [0.5, 0.6) is 5.75 Å². The highest BCUT2D eigenvalue weighted by molar-refractivity contribution is 7.92. The second-order valence-electron chi connectivity index (χ2n) is 8.14. The topological polar surface area (TPSA) is 63.7 Å². The van der Waals surface area contributed by atoms with Gasteiger partial charge in [-0.2, -0.15) is 0 Å². The Balaban J connectivity index is 1.83. The zero-order valence-electron chi connectivity index (χ0n) is 17.8. The van der Waals surface area contributed by atoms with E-state index in [0.717, 1.165) is 9.87 Å². The number of esters is 1. The van der Waals surface area contributed by atoms with Crippen molar-refractivity contribution in [3.8, 4) is 5.75 Å². The van der Waals surface area contributed by atoms with Crippen LogP contribution in [-0.4, -0.2) is 21.4 Å². The number of ether oxygens (including phenoxy) is 1. The zero-order valence-corrected chi connectivity index (χ0v) is 19.4. The van der Waals surface area contributed by atoms with Crippen molar-refractivity contribution in [2.75, 3.05) is 11.4 Å². The summed E-state index contributed by atoms with van der Waals surface area (Å²) in [7, 11) is -2.46. The molecule has 0 N–H and O–H groups in total. The van der Waals surface area contributed by atoms with Gasteiger partial charge in [0.25, 0.3) is 10.0 Å². The lowest BCUT2D eigenvalue weighted by Gasteiger charge is -2.20. The van der Waals surface area contributed by atoms with Crippen LogP contribution in [0.4, 0.5) is 5.69 Å². The Labute approximate surface area is 188 Å². The molecule has 0 aromatic heterocycles. The molecule has 3 aromatic rings. The lowest BCUT2D eigenvalue weighted by atomic mass is 9.87. The minimum Gasteiger partial charge on any atom is -0.423 e. The van der Waals surface area contributed by atoms with E-state index in [-0.39, 0.29) is 15.9 Å². The van der Waals surface area contributed by atoms with E-state index in [1.807, 2.05) is 12.1 Å². The molecule has 3 rings (SSSR count). The van der Waals surface area contributed by atoms with Gasteiger partial charge in [0.1, 0.15) is 5.75 Å². The number of benzene rings is 3. The number of rotatable bonds is 5. The number of anilines is 1. The molecule has 7 heteroatoms. The van der Waals surface area contributed by atoms with Crippen molar-refractivity contribution in [1.82, 2.24) is 0 Å². The SMILES string of the molecule is CN(c1cccc(Cl)c1)S(=O)(=O)c1cccc(C(=O)Oc2ccc(C(C)(C)C)cc2)c1. The third-order valence-corrected chi connectivity index (χ3v) is 6.85. The molecule has 0 aliphatic rings. The molecule has 31 heavy (non-hydrogen) atoms. The summed E-state index contributed by atoms with van der Waals surface area (Å²) >= 11 is 5.98. The molecule has 0 saturated heterocycles. The Morgan fingerprint density at radius 1 is 0.935 bits per heavy atom. The average molecular weight is 458 g/mol. The minimum absolute atomic E-state index is 0.0137. The average Bonchev–Trinajstić information content (AvgIpc) is 2.73. The van der Waals surface area contributed by atoms with Gasteiger partial charge in [-0.15, -0.1) is 0 Å². The van der Waals surface area contributed by atoms with E-state index in [0.29, 0.717) is 16.5 Å². The van der Waals surface area contributed by atoms with Gasteiger partial charge < -0.3 is 4.74 Å². The van der Waals surface area contributed by atoms with Crippen molar-refractivity contribution in [1.29, 1.82) is 0 Å². The maximum Gasteiger partial charge on any atom is 0.343 e. The van der Waals surface area contributed by atoms with Crippen molar-refractivity contribution in [3.63, 3.8) is 0 Å². The fraction of sp³-hybridized carbons (Fsp3) is 0.208. The molecule has 0 atom stereocenters.